The summed E-state index contributed by atoms with van der Waals surface area (Å²) in [6.45, 7) is 0. The van der Waals surface area contributed by atoms with Gasteiger partial charge in [-0.1, -0.05) is 23.9 Å². The van der Waals surface area contributed by atoms with Crippen LogP contribution < -0.4 is 0 Å². The zero-order chi connectivity index (χ0) is 12.3. The smallest absolute Gasteiger partial charge is 0.258 e. The largest absolute Gasteiger partial charge is 0.283 e. The third-order valence-electron chi connectivity index (χ3n) is 1.90. The second-order valence-corrected chi connectivity index (χ2v) is 4.89. The van der Waals surface area contributed by atoms with Crippen LogP contribution in [0.1, 0.15) is 0 Å². The van der Waals surface area contributed by atoms with Crippen LogP contribution in [0.15, 0.2) is 51.2 Å². The van der Waals surface area contributed by atoms with E-state index in [-0.39, 0.29) is 5.69 Å². The van der Waals surface area contributed by atoms with Crippen molar-refractivity contribution in [2.75, 3.05) is 0 Å². The van der Waals surface area contributed by atoms with Crippen LogP contribution >= 0.6 is 27.7 Å². The SMILES string of the molecule is O=[N+]([O-])c1ccccc1Sc1ncncc1Br. The molecule has 86 valence electrons. The standard InChI is InChI=1S/C10H6BrN3O2S/c11-7-5-12-6-13-10(7)17-9-4-2-1-3-8(9)14(15)16/h1-6H. The molecule has 1 aromatic carbocycles. The molecule has 0 N–H and O–H groups in total. The maximum atomic E-state index is 10.8. The minimum Gasteiger partial charge on any atom is -0.258 e. The number of nitro groups is 1. The van der Waals surface area contributed by atoms with Crippen LogP contribution in [-0.4, -0.2) is 14.9 Å². The van der Waals surface area contributed by atoms with Crippen molar-refractivity contribution in [1.82, 2.24) is 9.97 Å². The Labute approximate surface area is 110 Å². The number of rotatable bonds is 3. The van der Waals surface area contributed by atoms with Gasteiger partial charge in [-0.2, -0.15) is 0 Å². The molecule has 2 aromatic rings. The summed E-state index contributed by atoms with van der Waals surface area (Å²) in [7, 11) is 0. The van der Waals surface area contributed by atoms with Crippen molar-refractivity contribution in [3.05, 3.63) is 51.4 Å². The molecule has 0 bridgehead atoms. The number of nitrogens with zero attached hydrogens (tertiary/aromatic N) is 3. The first kappa shape index (κ1) is 12.0. The Balaban J connectivity index is 2.37. The van der Waals surface area contributed by atoms with E-state index >= 15 is 0 Å². The number of benzene rings is 1. The second kappa shape index (κ2) is 5.24. The van der Waals surface area contributed by atoms with Crippen LogP contribution in [-0.2, 0) is 0 Å². The summed E-state index contributed by atoms with van der Waals surface area (Å²) in [5.41, 5.74) is 0.0722. The molecule has 0 spiro atoms. The van der Waals surface area contributed by atoms with E-state index in [9.17, 15) is 10.1 Å². The number of para-hydroxylation sites is 1. The number of hydrogen-bond donors (Lipinski definition) is 0. The molecule has 5 nitrogen and oxygen atoms in total. The van der Waals surface area contributed by atoms with Gasteiger partial charge >= 0.3 is 0 Å². The van der Waals surface area contributed by atoms with E-state index in [4.69, 9.17) is 0 Å². The molecule has 0 fully saturated rings. The lowest BCUT2D eigenvalue weighted by Gasteiger charge is -2.02. The third-order valence-corrected chi connectivity index (χ3v) is 3.83. The van der Waals surface area contributed by atoms with E-state index in [0.717, 1.165) is 0 Å². The van der Waals surface area contributed by atoms with Crippen LogP contribution in [0.25, 0.3) is 0 Å². The molecule has 0 atom stereocenters. The van der Waals surface area contributed by atoms with Crippen LogP contribution in [0.4, 0.5) is 5.69 Å². The highest BCUT2D eigenvalue weighted by Crippen LogP contribution is 2.36. The van der Waals surface area contributed by atoms with Crippen LogP contribution in [0.2, 0.25) is 0 Å². The van der Waals surface area contributed by atoms with E-state index in [2.05, 4.69) is 25.9 Å². The van der Waals surface area contributed by atoms with Gasteiger partial charge in [0.2, 0.25) is 0 Å². The van der Waals surface area contributed by atoms with Gasteiger partial charge in [0.25, 0.3) is 5.69 Å². The van der Waals surface area contributed by atoms with Crippen molar-refractivity contribution in [2.45, 2.75) is 9.92 Å². The number of nitro benzene ring substituents is 1. The zero-order valence-corrected chi connectivity index (χ0v) is 10.8. The molecular formula is C10H6BrN3O2S. The van der Waals surface area contributed by atoms with Crippen LogP contribution in [0.5, 0.6) is 0 Å². The molecule has 1 aromatic heterocycles. The fraction of sp³-hybridized carbons (Fsp3) is 0. The van der Waals surface area contributed by atoms with Crippen molar-refractivity contribution < 1.29 is 4.92 Å². The number of aromatic nitrogens is 2. The number of halogens is 1. The highest BCUT2D eigenvalue weighted by Gasteiger charge is 2.15. The lowest BCUT2D eigenvalue weighted by molar-refractivity contribution is -0.387. The Morgan fingerprint density at radius 1 is 1.35 bits per heavy atom. The fourth-order valence-corrected chi connectivity index (χ4v) is 2.49. The summed E-state index contributed by atoms with van der Waals surface area (Å²) in [6.07, 6.45) is 3.01. The molecule has 0 saturated heterocycles. The van der Waals surface area contributed by atoms with Gasteiger partial charge < -0.3 is 0 Å². The van der Waals surface area contributed by atoms with Gasteiger partial charge in [-0.25, -0.2) is 9.97 Å². The van der Waals surface area contributed by atoms with E-state index < -0.39 is 4.92 Å². The third kappa shape index (κ3) is 2.80. The van der Waals surface area contributed by atoms with Crippen molar-refractivity contribution in [2.24, 2.45) is 0 Å². The molecular weight excluding hydrogens is 306 g/mol. The topological polar surface area (TPSA) is 68.9 Å². The van der Waals surface area contributed by atoms with Gasteiger partial charge in [-0.05, 0) is 22.0 Å². The molecule has 0 aliphatic heterocycles. The Bertz CT molecular complexity index is 565. The average Bonchev–Trinajstić information content (AvgIpc) is 2.32. The maximum Gasteiger partial charge on any atom is 0.283 e. The molecule has 0 aliphatic carbocycles. The molecule has 0 amide bonds. The molecule has 0 saturated carbocycles. The summed E-state index contributed by atoms with van der Waals surface area (Å²) < 4.78 is 0.711. The van der Waals surface area contributed by atoms with Gasteiger partial charge in [-0.15, -0.1) is 0 Å². The highest BCUT2D eigenvalue weighted by atomic mass is 79.9. The quantitative estimate of drug-likeness (QED) is 0.494. The molecule has 17 heavy (non-hydrogen) atoms. The lowest BCUT2D eigenvalue weighted by Crippen LogP contribution is -1.91. The first-order valence-corrected chi connectivity index (χ1v) is 6.16. The van der Waals surface area contributed by atoms with Gasteiger partial charge in [0.1, 0.15) is 11.4 Å². The van der Waals surface area contributed by atoms with Gasteiger partial charge in [-0.3, -0.25) is 10.1 Å². The predicted molar refractivity (Wildman–Crippen MR) is 67.0 cm³/mol. The zero-order valence-electron chi connectivity index (χ0n) is 8.41. The molecule has 2 rings (SSSR count). The van der Waals surface area contributed by atoms with Crippen molar-refractivity contribution in [3.8, 4) is 0 Å². The second-order valence-electron chi connectivity index (χ2n) is 3.00. The summed E-state index contributed by atoms with van der Waals surface area (Å²) in [5, 5.41) is 11.5. The molecule has 0 aliphatic rings. The molecule has 0 radical (unpaired) electrons. The monoisotopic (exact) mass is 311 g/mol. The minimum absolute atomic E-state index is 0.0722. The normalized spacial score (nSPS) is 10.2. The minimum atomic E-state index is -0.405. The Hall–Kier alpha value is -1.47. The predicted octanol–water partition coefficient (Wildman–Crippen LogP) is 3.30. The summed E-state index contributed by atoms with van der Waals surface area (Å²) in [4.78, 5) is 18.9. The fourth-order valence-electron chi connectivity index (χ4n) is 1.17. The highest BCUT2D eigenvalue weighted by molar-refractivity contribution is 9.10. The van der Waals surface area contributed by atoms with Gasteiger partial charge in [0.15, 0.2) is 0 Å². The van der Waals surface area contributed by atoms with E-state index in [1.807, 2.05) is 0 Å². The first-order chi connectivity index (χ1) is 8.18. The maximum absolute atomic E-state index is 10.8. The van der Waals surface area contributed by atoms with Crippen molar-refractivity contribution >= 4 is 33.4 Å². The van der Waals surface area contributed by atoms with Gasteiger partial charge in [0.05, 0.1) is 14.3 Å². The van der Waals surface area contributed by atoms with E-state index in [0.29, 0.717) is 14.4 Å². The lowest BCUT2D eigenvalue weighted by atomic mass is 10.3. The molecule has 7 heteroatoms. The summed E-state index contributed by atoms with van der Waals surface area (Å²) >= 11 is 4.53. The first-order valence-electron chi connectivity index (χ1n) is 4.55. The Morgan fingerprint density at radius 2 is 2.12 bits per heavy atom. The van der Waals surface area contributed by atoms with Crippen molar-refractivity contribution in [1.29, 1.82) is 0 Å². The molecule has 1 heterocycles. The van der Waals surface area contributed by atoms with E-state index in [1.54, 1.807) is 24.4 Å². The van der Waals surface area contributed by atoms with Crippen LogP contribution in [0.3, 0.4) is 0 Å². The Morgan fingerprint density at radius 3 is 2.82 bits per heavy atom. The number of hydrogen-bond acceptors (Lipinski definition) is 5. The average molecular weight is 312 g/mol. The van der Waals surface area contributed by atoms with Crippen molar-refractivity contribution in [3.63, 3.8) is 0 Å². The van der Waals surface area contributed by atoms with E-state index in [1.165, 1.54) is 24.2 Å². The Kier molecular flexibility index (Phi) is 3.70. The van der Waals surface area contributed by atoms with Gasteiger partial charge in [0, 0.05) is 12.3 Å². The summed E-state index contributed by atoms with van der Waals surface area (Å²) in [6, 6.07) is 6.55. The summed E-state index contributed by atoms with van der Waals surface area (Å²) in [5.74, 6) is 0. The molecule has 0 unspecified atom stereocenters. The van der Waals surface area contributed by atoms with Crippen LogP contribution in [0, 0.1) is 10.1 Å².